The Morgan fingerprint density at radius 1 is 1.03 bits per heavy atom. The van der Waals surface area contributed by atoms with Gasteiger partial charge in [0.25, 0.3) is 5.91 Å². The third-order valence-electron chi connectivity index (χ3n) is 4.41. The average molecular weight is 433 g/mol. The van der Waals surface area contributed by atoms with Crippen molar-refractivity contribution in [2.45, 2.75) is 13.0 Å². The van der Waals surface area contributed by atoms with E-state index >= 15 is 0 Å². The summed E-state index contributed by atoms with van der Waals surface area (Å²) >= 11 is 1.28. The fraction of sp³-hybridized carbons (Fsp3) is 0.136. The first-order chi connectivity index (χ1) is 15.1. The topological polar surface area (TPSA) is 99.1 Å². The third kappa shape index (κ3) is 4.84. The van der Waals surface area contributed by atoms with E-state index in [0.29, 0.717) is 27.2 Å². The molecule has 156 valence electrons. The molecule has 1 atom stereocenters. The van der Waals surface area contributed by atoms with Gasteiger partial charge in [-0.05, 0) is 49.4 Å². The Morgan fingerprint density at radius 2 is 1.87 bits per heavy atom. The quantitative estimate of drug-likeness (QED) is 0.461. The van der Waals surface area contributed by atoms with Gasteiger partial charge in [-0.3, -0.25) is 20.1 Å². The smallest absolute Gasteiger partial charge is 0.257 e. The Labute approximate surface area is 182 Å². The number of benzene rings is 1. The molecular formula is C22H19N5O3S. The van der Waals surface area contributed by atoms with Crippen LogP contribution in [0.15, 0.2) is 67.1 Å². The van der Waals surface area contributed by atoms with Gasteiger partial charge in [0.05, 0.1) is 12.8 Å². The maximum absolute atomic E-state index is 12.7. The number of rotatable bonds is 7. The number of hydrogen-bond donors (Lipinski definition) is 1. The number of nitrogens with one attached hydrogen (secondary N) is 1. The lowest BCUT2D eigenvalue weighted by molar-refractivity contribution is 0.102. The second kappa shape index (κ2) is 9.31. The summed E-state index contributed by atoms with van der Waals surface area (Å²) in [7, 11) is 1.53. The SMILES string of the molecule is COc1cc(C(=O)Nc2nnc(-c3ccncc3)s2)ccc1O[C@@H](C)c1ccccn1. The number of methoxy groups -OCH3 is 1. The summed E-state index contributed by atoms with van der Waals surface area (Å²) in [5, 5.41) is 12.0. The molecule has 1 aromatic carbocycles. The monoisotopic (exact) mass is 433 g/mol. The highest BCUT2D eigenvalue weighted by atomic mass is 32.1. The molecule has 31 heavy (non-hydrogen) atoms. The van der Waals surface area contributed by atoms with Crippen molar-refractivity contribution < 1.29 is 14.3 Å². The van der Waals surface area contributed by atoms with E-state index in [0.717, 1.165) is 11.3 Å². The van der Waals surface area contributed by atoms with Gasteiger partial charge >= 0.3 is 0 Å². The number of ether oxygens (including phenoxy) is 2. The molecule has 3 aromatic heterocycles. The largest absolute Gasteiger partial charge is 0.493 e. The van der Waals surface area contributed by atoms with Crippen LogP contribution < -0.4 is 14.8 Å². The van der Waals surface area contributed by atoms with Crippen molar-refractivity contribution in [3.63, 3.8) is 0 Å². The molecule has 1 amide bonds. The fourth-order valence-corrected chi connectivity index (χ4v) is 3.57. The zero-order chi connectivity index (χ0) is 21.6. The second-order valence-electron chi connectivity index (χ2n) is 6.48. The van der Waals surface area contributed by atoms with Crippen LogP contribution in [0.5, 0.6) is 11.5 Å². The number of hydrogen-bond acceptors (Lipinski definition) is 8. The number of carbonyl (C=O) groups excluding carboxylic acids is 1. The summed E-state index contributed by atoms with van der Waals surface area (Å²) in [6.07, 6.45) is 4.80. The predicted octanol–water partition coefficient (Wildman–Crippen LogP) is 4.40. The van der Waals surface area contributed by atoms with Gasteiger partial charge in [-0.1, -0.05) is 17.4 Å². The molecule has 0 aliphatic carbocycles. The van der Waals surface area contributed by atoms with Crippen LogP contribution in [0.4, 0.5) is 5.13 Å². The molecule has 0 saturated heterocycles. The summed E-state index contributed by atoms with van der Waals surface area (Å²) in [5.41, 5.74) is 2.10. The highest BCUT2D eigenvalue weighted by molar-refractivity contribution is 7.18. The number of amides is 1. The second-order valence-corrected chi connectivity index (χ2v) is 7.46. The van der Waals surface area contributed by atoms with Crippen LogP contribution in [-0.4, -0.2) is 33.2 Å². The average Bonchev–Trinajstić information content (AvgIpc) is 3.29. The first kappa shape index (κ1) is 20.4. The molecule has 0 radical (unpaired) electrons. The van der Waals surface area contributed by atoms with Crippen LogP contribution in [0.2, 0.25) is 0 Å². The van der Waals surface area contributed by atoms with Gasteiger partial charge in [-0.2, -0.15) is 0 Å². The predicted molar refractivity (Wildman–Crippen MR) is 117 cm³/mol. The number of aromatic nitrogens is 4. The summed E-state index contributed by atoms with van der Waals surface area (Å²) in [4.78, 5) is 21.0. The van der Waals surface area contributed by atoms with Gasteiger partial charge < -0.3 is 9.47 Å². The molecule has 0 bridgehead atoms. The molecule has 3 heterocycles. The van der Waals surface area contributed by atoms with E-state index < -0.39 is 0 Å². The van der Waals surface area contributed by atoms with Gasteiger partial charge in [-0.25, -0.2) is 0 Å². The summed E-state index contributed by atoms with van der Waals surface area (Å²) in [6, 6.07) is 14.3. The van der Waals surface area contributed by atoms with Gasteiger partial charge in [0, 0.05) is 29.7 Å². The maximum atomic E-state index is 12.7. The standard InChI is InChI=1S/C22H19N5O3S/c1-14(17-5-3-4-10-24-17)30-18-7-6-16(13-19(18)29-2)20(28)25-22-27-26-21(31-22)15-8-11-23-12-9-15/h3-14H,1-2H3,(H,25,27,28)/t14-/m0/s1. The van der Waals surface area contributed by atoms with Crippen LogP contribution in [0.1, 0.15) is 29.1 Å². The zero-order valence-electron chi connectivity index (χ0n) is 16.9. The zero-order valence-corrected chi connectivity index (χ0v) is 17.7. The van der Waals surface area contributed by atoms with E-state index in [1.807, 2.05) is 37.3 Å². The third-order valence-corrected chi connectivity index (χ3v) is 5.29. The van der Waals surface area contributed by atoms with E-state index in [-0.39, 0.29) is 12.0 Å². The Hall–Kier alpha value is -3.85. The molecule has 0 saturated carbocycles. The first-order valence-electron chi connectivity index (χ1n) is 9.45. The maximum Gasteiger partial charge on any atom is 0.257 e. The lowest BCUT2D eigenvalue weighted by Gasteiger charge is -2.17. The Bertz CT molecular complexity index is 1170. The molecular weight excluding hydrogens is 414 g/mol. The summed E-state index contributed by atoms with van der Waals surface area (Å²) < 4.78 is 11.4. The molecule has 8 nitrogen and oxygen atoms in total. The minimum Gasteiger partial charge on any atom is -0.493 e. The fourth-order valence-electron chi connectivity index (χ4n) is 2.83. The van der Waals surface area contributed by atoms with Gasteiger partial charge in [-0.15, -0.1) is 10.2 Å². The van der Waals surface area contributed by atoms with Crippen molar-refractivity contribution in [2.24, 2.45) is 0 Å². The van der Waals surface area contributed by atoms with E-state index in [2.05, 4.69) is 25.5 Å². The van der Waals surface area contributed by atoms with E-state index in [1.54, 1.807) is 36.8 Å². The minimum absolute atomic E-state index is 0.275. The van der Waals surface area contributed by atoms with Crippen LogP contribution in [0.25, 0.3) is 10.6 Å². The van der Waals surface area contributed by atoms with Crippen molar-refractivity contribution in [2.75, 3.05) is 12.4 Å². The normalized spacial score (nSPS) is 11.5. The molecule has 0 aliphatic rings. The van der Waals surface area contributed by atoms with Crippen LogP contribution in [0.3, 0.4) is 0 Å². The van der Waals surface area contributed by atoms with Crippen LogP contribution in [0, 0.1) is 0 Å². The van der Waals surface area contributed by atoms with Gasteiger partial charge in [0.1, 0.15) is 11.1 Å². The molecule has 0 aliphatic heterocycles. The van der Waals surface area contributed by atoms with Crippen molar-refractivity contribution in [1.29, 1.82) is 0 Å². The highest BCUT2D eigenvalue weighted by Gasteiger charge is 2.16. The lowest BCUT2D eigenvalue weighted by Crippen LogP contribution is -2.12. The molecule has 4 rings (SSSR count). The van der Waals surface area contributed by atoms with Crippen LogP contribution in [-0.2, 0) is 0 Å². The Kier molecular flexibility index (Phi) is 6.13. The molecule has 4 aromatic rings. The molecule has 0 spiro atoms. The molecule has 1 N–H and O–H groups in total. The number of pyridine rings is 2. The summed E-state index contributed by atoms with van der Waals surface area (Å²) in [6.45, 7) is 1.90. The minimum atomic E-state index is -0.319. The van der Waals surface area contributed by atoms with Gasteiger partial charge in [0.2, 0.25) is 5.13 Å². The van der Waals surface area contributed by atoms with Crippen LogP contribution >= 0.6 is 11.3 Å². The Morgan fingerprint density at radius 3 is 2.61 bits per heavy atom. The number of nitrogens with zero attached hydrogens (tertiary/aromatic N) is 4. The summed E-state index contributed by atoms with van der Waals surface area (Å²) in [5.74, 6) is 0.651. The van der Waals surface area contributed by atoms with Crippen molar-refractivity contribution in [3.8, 4) is 22.1 Å². The van der Waals surface area contributed by atoms with E-state index in [9.17, 15) is 4.79 Å². The van der Waals surface area contributed by atoms with Crippen molar-refractivity contribution >= 4 is 22.4 Å². The van der Waals surface area contributed by atoms with Gasteiger partial charge in [0.15, 0.2) is 11.5 Å². The highest BCUT2D eigenvalue weighted by Crippen LogP contribution is 2.32. The molecule has 9 heteroatoms. The number of carbonyl (C=O) groups is 1. The number of anilines is 1. The van der Waals surface area contributed by atoms with Crippen molar-refractivity contribution in [3.05, 3.63) is 78.4 Å². The molecule has 0 fully saturated rings. The van der Waals surface area contributed by atoms with E-state index in [4.69, 9.17) is 9.47 Å². The van der Waals surface area contributed by atoms with E-state index in [1.165, 1.54) is 18.4 Å². The lowest BCUT2D eigenvalue weighted by atomic mass is 10.2. The Balaban J connectivity index is 1.47. The first-order valence-corrected chi connectivity index (χ1v) is 10.3. The molecule has 0 unspecified atom stereocenters. The van der Waals surface area contributed by atoms with Crippen molar-refractivity contribution in [1.82, 2.24) is 20.2 Å².